The lowest BCUT2D eigenvalue weighted by Crippen LogP contribution is -2.24. The van der Waals surface area contributed by atoms with Crippen molar-refractivity contribution in [2.75, 3.05) is 13.1 Å². The zero-order chi connectivity index (χ0) is 44.6. The summed E-state index contributed by atoms with van der Waals surface area (Å²) in [6.45, 7) is 2.19. The number of aromatic amines is 2. The summed E-state index contributed by atoms with van der Waals surface area (Å²) in [7, 11) is 1.92. The van der Waals surface area contributed by atoms with Gasteiger partial charge in [-0.1, -0.05) is 24.3 Å². The number of hydrogen-bond acceptors (Lipinski definition) is 9. The fourth-order valence-corrected chi connectivity index (χ4v) is 8.02. The molecule has 326 valence electrons. The third-order valence-corrected chi connectivity index (χ3v) is 11.4. The summed E-state index contributed by atoms with van der Waals surface area (Å²) < 4.78 is 54.8. The molecule has 65 heavy (non-hydrogen) atoms. The van der Waals surface area contributed by atoms with Gasteiger partial charge in [-0.15, -0.1) is 0 Å². The number of pyridine rings is 2. The van der Waals surface area contributed by atoms with E-state index in [9.17, 15) is 22.8 Å². The number of H-pyrrole nitrogens is 2. The number of carbonyl (C=O) groups excluding carboxylic acids is 2. The highest BCUT2D eigenvalue weighted by Crippen LogP contribution is 2.35. The molecular weight excluding hydrogens is 838 g/mol. The zero-order valence-corrected chi connectivity index (χ0v) is 34.9. The topological polar surface area (TPSA) is 160 Å². The number of aryl methyl sites for hydroxylation is 1. The van der Waals surface area contributed by atoms with Gasteiger partial charge in [-0.25, -0.2) is 33.1 Å². The summed E-state index contributed by atoms with van der Waals surface area (Å²) in [4.78, 5) is 52.0. The monoisotopic (exact) mass is 876 g/mol. The van der Waals surface area contributed by atoms with Crippen LogP contribution >= 0.6 is 0 Å². The van der Waals surface area contributed by atoms with Crippen molar-refractivity contribution in [2.24, 2.45) is 7.05 Å². The number of imidazole rings is 2. The Morgan fingerprint density at radius 2 is 1.18 bits per heavy atom. The van der Waals surface area contributed by atoms with Gasteiger partial charge in [0.05, 0.1) is 22.7 Å². The van der Waals surface area contributed by atoms with Crippen molar-refractivity contribution in [3.8, 4) is 45.8 Å². The summed E-state index contributed by atoms with van der Waals surface area (Å²) in [5.41, 5.74) is 7.01. The molecule has 14 nitrogen and oxygen atoms in total. The van der Waals surface area contributed by atoms with Gasteiger partial charge in [-0.2, -0.15) is 5.10 Å². The van der Waals surface area contributed by atoms with E-state index in [2.05, 4.69) is 35.0 Å². The molecular formula is C48H39F3N10O4. The van der Waals surface area contributed by atoms with Crippen LogP contribution in [-0.4, -0.2) is 74.4 Å². The molecule has 2 aliphatic heterocycles. The van der Waals surface area contributed by atoms with Crippen LogP contribution in [0.4, 0.5) is 13.2 Å². The first kappa shape index (κ1) is 41.0. The van der Waals surface area contributed by atoms with Gasteiger partial charge < -0.3 is 29.2 Å². The minimum Gasteiger partial charge on any atom is -0.457 e. The summed E-state index contributed by atoms with van der Waals surface area (Å²) >= 11 is 0. The molecule has 0 atom stereocenters. The first-order chi connectivity index (χ1) is 31.6. The summed E-state index contributed by atoms with van der Waals surface area (Å²) in [6, 6.07) is 26.2. The van der Waals surface area contributed by atoms with E-state index in [0.717, 1.165) is 70.4 Å². The molecule has 2 amide bonds. The molecule has 0 unspecified atom stereocenters. The van der Waals surface area contributed by atoms with Gasteiger partial charge >= 0.3 is 0 Å². The summed E-state index contributed by atoms with van der Waals surface area (Å²) in [6.07, 6.45) is 7.95. The molecule has 0 saturated carbocycles. The van der Waals surface area contributed by atoms with E-state index in [0.29, 0.717) is 65.7 Å². The third kappa shape index (κ3) is 8.55. The molecule has 17 heteroatoms. The molecule has 4 aromatic carbocycles. The third-order valence-electron chi connectivity index (χ3n) is 11.4. The predicted octanol–water partition coefficient (Wildman–Crippen LogP) is 9.38. The molecule has 0 spiro atoms. The lowest BCUT2D eigenvalue weighted by molar-refractivity contribution is -0.129. The van der Waals surface area contributed by atoms with Crippen molar-refractivity contribution in [1.82, 2.24) is 49.5 Å². The number of carbonyl (C=O) groups is 2. The molecule has 2 saturated heterocycles. The number of halogens is 3. The second kappa shape index (κ2) is 17.2. The Balaban J connectivity index is 0.000000153. The molecule has 11 rings (SSSR count). The average molecular weight is 877 g/mol. The normalized spacial score (nSPS) is 13.9. The van der Waals surface area contributed by atoms with Crippen molar-refractivity contribution >= 4 is 45.0 Å². The number of amides is 2. The number of ether oxygens (including phenoxy) is 2. The van der Waals surface area contributed by atoms with E-state index in [1.165, 1.54) is 0 Å². The quantitative estimate of drug-likeness (QED) is 0.128. The molecule has 9 aromatic rings. The number of fused-ring (bicyclic) bond motifs is 3. The maximum absolute atomic E-state index is 13.7. The Kier molecular flexibility index (Phi) is 10.9. The van der Waals surface area contributed by atoms with Crippen LogP contribution in [0.2, 0.25) is 0 Å². The maximum atomic E-state index is 13.7. The van der Waals surface area contributed by atoms with Crippen molar-refractivity contribution in [2.45, 2.75) is 38.8 Å². The van der Waals surface area contributed by atoms with Crippen LogP contribution in [-0.2, 0) is 29.7 Å². The van der Waals surface area contributed by atoms with Crippen LogP contribution in [0.5, 0.6) is 23.0 Å². The number of benzene rings is 4. The van der Waals surface area contributed by atoms with Gasteiger partial charge in [-0.05, 0) is 67.4 Å². The lowest BCUT2D eigenvalue weighted by Gasteiger charge is -2.19. The minimum atomic E-state index is -1.57. The predicted molar refractivity (Wildman–Crippen MR) is 235 cm³/mol. The average Bonchev–Trinajstić information content (AvgIpc) is 4.17. The molecule has 2 aliphatic rings. The largest absolute Gasteiger partial charge is 0.457 e. The van der Waals surface area contributed by atoms with Crippen LogP contribution in [0.25, 0.3) is 56.0 Å². The van der Waals surface area contributed by atoms with Gasteiger partial charge in [-0.3, -0.25) is 14.3 Å². The maximum Gasteiger partial charge on any atom is 0.222 e. The van der Waals surface area contributed by atoms with Crippen LogP contribution < -0.4 is 9.47 Å². The number of hydrogen-bond donors (Lipinski definition) is 2. The van der Waals surface area contributed by atoms with Crippen LogP contribution in [0.1, 0.15) is 36.8 Å². The Morgan fingerprint density at radius 3 is 1.69 bits per heavy atom. The Labute approximate surface area is 368 Å². The molecule has 5 aromatic heterocycles. The van der Waals surface area contributed by atoms with Crippen LogP contribution in [0.3, 0.4) is 0 Å². The van der Waals surface area contributed by atoms with Gasteiger partial charge in [0.15, 0.2) is 28.7 Å². The van der Waals surface area contributed by atoms with E-state index in [-0.39, 0.29) is 29.9 Å². The highest BCUT2D eigenvalue weighted by Gasteiger charge is 2.24. The highest BCUT2D eigenvalue weighted by atomic mass is 19.2. The fraction of sp³-hybridized carbons (Fsp3) is 0.188. The van der Waals surface area contributed by atoms with Crippen molar-refractivity contribution < 1.29 is 32.2 Å². The smallest absolute Gasteiger partial charge is 0.222 e. The summed E-state index contributed by atoms with van der Waals surface area (Å²) in [5.74, 6) is -1.30. The van der Waals surface area contributed by atoms with E-state index < -0.39 is 17.5 Å². The van der Waals surface area contributed by atoms with E-state index in [1.807, 2.05) is 83.5 Å². The zero-order valence-electron chi connectivity index (χ0n) is 34.9. The fourth-order valence-electron chi connectivity index (χ4n) is 8.02. The Hall–Kier alpha value is -8.08. The van der Waals surface area contributed by atoms with Crippen LogP contribution in [0.15, 0.2) is 110 Å². The molecule has 7 heterocycles. The highest BCUT2D eigenvalue weighted by molar-refractivity contribution is 5.81. The van der Waals surface area contributed by atoms with Crippen molar-refractivity contribution in [3.63, 3.8) is 0 Å². The van der Waals surface area contributed by atoms with Gasteiger partial charge in [0, 0.05) is 98.2 Å². The van der Waals surface area contributed by atoms with Gasteiger partial charge in [0.25, 0.3) is 0 Å². The van der Waals surface area contributed by atoms with Gasteiger partial charge in [0.2, 0.25) is 11.8 Å². The van der Waals surface area contributed by atoms with Crippen molar-refractivity contribution in [1.29, 1.82) is 0 Å². The Morgan fingerprint density at radius 1 is 0.646 bits per heavy atom. The van der Waals surface area contributed by atoms with E-state index in [1.54, 1.807) is 35.5 Å². The standard InChI is InChI=1S/C25H22N6O2.C23H17F3N4O2/c1-30-21-9-8-19(12-18(21)14-27-30)33-22-13-16(24-28-20-4-2-10-26-25(20)29-24)6-7-17(22)15-31-11-3-5-23(31)32;24-16-10-15(11-17(25)21(16)26)32-19-9-13(22-28-18-3-1-7-27-23(18)29-22)5-6-14(19)12-30-8-2-4-20(30)31/h2,4,6-10,12-14H,3,5,11,15H2,1H3,(H,26,28,29);1,3,5-7,9-11H,2,4,8,12H2,(H,27,28,29). The minimum absolute atomic E-state index is 0.0299. The lowest BCUT2D eigenvalue weighted by atomic mass is 10.1. The second-order valence-corrected chi connectivity index (χ2v) is 15.8. The molecule has 2 fully saturated rings. The SMILES string of the molecule is Cn1ncc2cc(Oc3cc(-c4nc5ncccc5[nH]4)ccc3CN3CCCC3=O)ccc21.O=C1CCCN1Cc1ccc(-c2nc3ncccc3[nH]2)cc1Oc1cc(F)c(F)c(F)c1. The van der Waals surface area contributed by atoms with E-state index in [4.69, 9.17) is 9.47 Å². The first-order valence-corrected chi connectivity index (χ1v) is 21.0. The van der Waals surface area contributed by atoms with Crippen molar-refractivity contribution in [3.05, 3.63) is 138 Å². The molecule has 0 bridgehead atoms. The first-order valence-electron chi connectivity index (χ1n) is 21.0. The number of likely N-dealkylation sites (tertiary alicyclic amines) is 2. The number of aromatic nitrogens is 8. The van der Waals surface area contributed by atoms with Crippen LogP contribution in [0, 0.1) is 17.5 Å². The number of nitrogens with zero attached hydrogens (tertiary/aromatic N) is 8. The number of rotatable bonds is 10. The van der Waals surface area contributed by atoms with Gasteiger partial charge in [0.1, 0.15) is 34.6 Å². The molecule has 0 radical (unpaired) electrons. The molecule has 0 aliphatic carbocycles. The summed E-state index contributed by atoms with van der Waals surface area (Å²) in [5, 5.41) is 5.32. The Bertz CT molecular complexity index is 3190. The second-order valence-electron chi connectivity index (χ2n) is 15.8. The number of nitrogens with one attached hydrogen (secondary N) is 2. The van der Waals surface area contributed by atoms with E-state index >= 15 is 0 Å². The molecule has 2 N–H and O–H groups in total.